The Bertz CT molecular complexity index is 344. The minimum Gasteiger partial charge on any atom is -0.496 e. The maximum atomic E-state index is 11.7. The van der Waals surface area contributed by atoms with Crippen molar-refractivity contribution in [1.82, 2.24) is 0 Å². The predicted molar refractivity (Wildman–Crippen MR) is 48.6 cm³/mol. The van der Waals surface area contributed by atoms with Gasteiger partial charge in [-0.25, -0.2) is 4.79 Å². The SMILES string of the molecule is CC1CC(=O)C2=C(C1)OCC2C(=O)OO. The lowest BCUT2D eigenvalue weighted by Gasteiger charge is -2.18. The Morgan fingerprint density at radius 3 is 2.93 bits per heavy atom. The molecule has 0 radical (unpaired) electrons. The Hall–Kier alpha value is -1.36. The number of hydrogen-bond donors (Lipinski definition) is 1. The van der Waals surface area contributed by atoms with Crippen LogP contribution in [0.3, 0.4) is 0 Å². The van der Waals surface area contributed by atoms with E-state index in [1.807, 2.05) is 6.92 Å². The Morgan fingerprint density at radius 2 is 2.27 bits per heavy atom. The van der Waals surface area contributed by atoms with Crippen molar-refractivity contribution in [2.75, 3.05) is 6.61 Å². The van der Waals surface area contributed by atoms with Crippen molar-refractivity contribution >= 4 is 11.8 Å². The van der Waals surface area contributed by atoms with Crippen LogP contribution in [0.15, 0.2) is 11.3 Å². The Labute approximate surface area is 86.6 Å². The smallest absolute Gasteiger partial charge is 0.353 e. The summed E-state index contributed by atoms with van der Waals surface area (Å²) in [6.07, 6.45) is 1.10. The van der Waals surface area contributed by atoms with Crippen LogP contribution in [0.4, 0.5) is 0 Å². The van der Waals surface area contributed by atoms with Gasteiger partial charge in [0.15, 0.2) is 5.78 Å². The number of ketones is 1. The van der Waals surface area contributed by atoms with Gasteiger partial charge in [0.05, 0.1) is 5.57 Å². The fourth-order valence-electron chi connectivity index (χ4n) is 2.12. The Balaban J connectivity index is 2.28. The second-order valence-corrected chi connectivity index (χ2v) is 4.05. The maximum Gasteiger partial charge on any atom is 0.353 e. The first kappa shape index (κ1) is 10.2. The van der Waals surface area contributed by atoms with Gasteiger partial charge in [-0.15, -0.1) is 0 Å². The summed E-state index contributed by atoms with van der Waals surface area (Å²) in [5, 5.41) is 8.28. The van der Waals surface area contributed by atoms with Crippen LogP contribution in [-0.4, -0.2) is 23.6 Å². The second-order valence-electron chi connectivity index (χ2n) is 4.05. The minimum atomic E-state index is -0.817. The molecule has 5 nitrogen and oxygen atoms in total. The number of Topliss-reactive ketones (excluding diaryl/α,β-unsaturated/α-hetero) is 1. The summed E-state index contributed by atoms with van der Waals surface area (Å²) in [5.74, 6) is -0.793. The molecule has 0 aromatic carbocycles. The molecule has 0 saturated carbocycles. The van der Waals surface area contributed by atoms with Crippen molar-refractivity contribution in [1.29, 1.82) is 0 Å². The van der Waals surface area contributed by atoms with Crippen molar-refractivity contribution in [3.05, 3.63) is 11.3 Å². The molecule has 0 spiro atoms. The van der Waals surface area contributed by atoms with Gasteiger partial charge in [-0.2, -0.15) is 5.26 Å². The zero-order valence-electron chi connectivity index (χ0n) is 8.36. The van der Waals surface area contributed by atoms with Crippen LogP contribution in [0.5, 0.6) is 0 Å². The monoisotopic (exact) mass is 212 g/mol. The van der Waals surface area contributed by atoms with Gasteiger partial charge in [-0.05, 0) is 5.92 Å². The zero-order valence-corrected chi connectivity index (χ0v) is 8.36. The molecule has 1 heterocycles. The van der Waals surface area contributed by atoms with Crippen LogP contribution in [0.25, 0.3) is 0 Å². The van der Waals surface area contributed by atoms with Crippen LogP contribution >= 0.6 is 0 Å². The van der Waals surface area contributed by atoms with Crippen LogP contribution in [-0.2, 0) is 19.2 Å². The number of carbonyl (C=O) groups is 2. The van der Waals surface area contributed by atoms with E-state index in [0.717, 1.165) is 0 Å². The van der Waals surface area contributed by atoms with E-state index in [1.54, 1.807) is 0 Å². The van der Waals surface area contributed by atoms with E-state index in [2.05, 4.69) is 4.89 Å². The molecular weight excluding hydrogens is 200 g/mol. The second kappa shape index (κ2) is 3.66. The number of carbonyl (C=O) groups excluding carboxylic acids is 2. The van der Waals surface area contributed by atoms with E-state index in [9.17, 15) is 9.59 Å². The largest absolute Gasteiger partial charge is 0.496 e. The summed E-state index contributed by atoms with van der Waals surface area (Å²) in [6, 6.07) is 0. The third-order valence-electron chi connectivity index (χ3n) is 2.82. The van der Waals surface area contributed by atoms with Gasteiger partial charge < -0.3 is 9.62 Å². The van der Waals surface area contributed by atoms with E-state index in [-0.39, 0.29) is 18.3 Å². The van der Waals surface area contributed by atoms with Gasteiger partial charge in [0, 0.05) is 12.8 Å². The molecule has 0 fully saturated rings. The quantitative estimate of drug-likeness (QED) is 0.516. The molecule has 0 aromatic rings. The number of hydrogen-bond acceptors (Lipinski definition) is 5. The first-order chi connectivity index (χ1) is 7.13. The maximum absolute atomic E-state index is 11.7. The van der Waals surface area contributed by atoms with Crippen molar-refractivity contribution in [2.24, 2.45) is 11.8 Å². The summed E-state index contributed by atoms with van der Waals surface area (Å²) < 4.78 is 5.28. The summed E-state index contributed by atoms with van der Waals surface area (Å²) >= 11 is 0. The highest BCUT2D eigenvalue weighted by Gasteiger charge is 2.41. The first-order valence-electron chi connectivity index (χ1n) is 4.87. The third kappa shape index (κ3) is 1.63. The Morgan fingerprint density at radius 1 is 1.53 bits per heavy atom. The Kier molecular flexibility index (Phi) is 2.48. The third-order valence-corrected chi connectivity index (χ3v) is 2.82. The summed E-state index contributed by atoms with van der Waals surface area (Å²) in [7, 11) is 0. The average molecular weight is 212 g/mol. The number of rotatable bonds is 1. The molecule has 0 saturated heterocycles. The molecule has 1 N–H and O–H groups in total. The fourth-order valence-corrected chi connectivity index (χ4v) is 2.12. The molecule has 2 unspecified atom stereocenters. The normalized spacial score (nSPS) is 29.9. The molecule has 1 aliphatic heterocycles. The standard InChI is InChI=1S/C10H12O5/c1-5-2-7(11)9-6(10(12)15-13)4-14-8(9)3-5/h5-6,13H,2-4H2,1H3. The number of allylic oxidation sites excluding steroid dienone is 1. The van der Waals surface area contributed by atoms with Crippen LogP contribution < -0.4 is 0 Å². The fraction of sp³-hybridized carbons (Fsp3) is 0.600. The van der Waals surface area contributed by atoms with Gasteiger partial charge in [0.1, 0.15) is 18.3 Å². The van der Waals surface area contributed by atoms with Crippen LogP contribution in [0.2, 0.25) is 0 Å². The number of ether oxygens (including phenoxy) is 1. The van der Waals surface area contributed by atoms with Crippen molar-refractivity contribution in [2.45, 2.75) is 19.8 Å². The molecular formula is C10H12O5. The van der Waals surface area contributed by atoms with E-state index < -0.39 is 11.9 Å². The molecule has 1 aliphatic carbocycles. The molecule has 2 rings (SSSR count). The first-order valence-corrected chi connectivity index (χ1v) is 4.87. The van der Waals surface area contributed by atoms with Crippen molar-refractivity contribution in [3.8, 4) is 0 Å². The van der Waals surface area contributed by atoms with E-state index in [0.29, 0.717) is 24.2 Å². The van der Waals surface area contributed by atoms with Crippen molar-refractivity contribution < 1.29 is 24.5 Å². The van der Waals surface area contributed by atoms with Gasteiger partial charge in [0.25, 0.3) is 0 Å². The molecule has 15 heavy (non-hydrogen) atoms. The molecule has 2 atom stereocenters. The lowest BCUT2D eigenvalue weighted by molar-refractivity contribution is -0.238. The van der Waals surface area contributed by atoms with E-state index >= 15 is 0 Å². The highest BCUT2D eigenvalue weighted by molar-refractivity contribution is 6.02. The summed E-state index contributed by atoms with van der Waals surface area (Å²) in [5.41, 5.74) is 0.396. The van der Waals surface area contributed by atoms with Crippen LogP contribution in [0.1, 0.15) is 19.8 Å². The van der Waals surface area contributed by atoms with Gasteiger partial charge in [0.2, 0.25) is 0 Å². The highest BCUT2D eigenvalue weighted by atomic mass is 17.1. The molecule has 5 heteroatoms. The van der Waals surface area contributed by atoms with E-state index in [4.69, 9.17) is 9.99 Å². The van der Waals surface area contributed by atoms with Crippen molar-refractivity contribution in [3.63, 3.8) is 0 Å². The zero-order chi connectivity index (χ0) is 11.0. The van der Waals surface area contributed by atoms with Crippen LogP contribution in [0, 0.1) is 11.8 Å². The highest BCUT2D eigenvalue weighted by Crippen LogP contribution is 2.37. The lowest BCUT2D eigenvalue weighted by Crippen LogP contribution is -2.25. The lowest BCUT2D eigenvalue weighted by atomic mass is 9.84. The summed E-state index contributed by atoms with van der Waals surface area (Å²) in [4.78, 5) is 26.5. The minimum absolute atomic E-state index is 0.0725. The molecule has 0 amide bonds. The van der Waals surface area contributed by atoms with Gasteiger partial charge in [-0.3, -0.25) is 4.79 Å². The topological polar surface area (TPSA) is 72.8 Å². The molecule has 82 valence electrons. The summed E-state index contributed by atoms with van der Waals surface area (Å²) in [6.45, 7) is 2.06. The molecule has 2 aliphatic rings. The predicted octanol–water partition coefficient (Wildman–Crippen LogP) is 0.902. The van der Waals surface area contributed by atoms with Gasteiger partial charge >= 0.3 is 5.97 Å². The average Bonchev–Trinajstić information content (AvgIpc) is 2.60. The molecule has 0 bridgehead atoms. The molecule has 0 aromatic heterocycles. The van der Waals surface area contributed by atoms with Gasteiger partial charge in [-0.1, -0.05) is 6.92 Å². The van der Waals surface area contributed by atoms with E-state index in [1.165, 1.54) is 0 Å².